The van der Waals surface area contributed by atoms with Crippen LogP contribution in [0.2, 0.25) is 0 Å². The van der Waals surface area contributed by atoms with Crippen LogP contribution < -0.4 is 5.73 Å². The highest BCUT2D eigenvalue weighted by Crippen LogP contribution is 2.31. The lowest BCUT2D eigenvalue weighted by Gasteiger charge is -2.13. The smallest absolute Gasteiger partial charge is 0.327 e. The molecule has 1 rings (SSSR count). The molecule has 0 aromatic carbocycles. The van der Waals surface area contributed by atoms with E-state index in [-0.39, 0.29) is 28.9 Å². The van der Waals surface area contributed by atoms with E-state index in [2.05, 4.69) is 9.97 Å². The minimum atomic E-state index is -1.08. The molecule has 0 aliphatic heterocycles. The van der Waals surface area contributed by atoms with Crippen LogP contribution in [-0.2, 0) is 14.3 Å². The zero-order valence-electron chi connectivity index (χ0n) is 11.7. The number of hydrogen-bond acceptors (Lipinski definition) is 9. The molecule has 0 amide bonds. The van der Waals surface area contributed by atoms with E-state index in [1.165, 1.54) is 18.7 Å². The summed E-state index contributed by atoms with van der Waals surface area (Å²) in [6.07, 6.45) is 1.74. The lowest BCUT2D eigenvalue weighted by molar-refractivity contribution is -0.144. The third-order valence-electron chi connectivity index (χ3n) is 2.26. The van der Waals surface area contributed by atoms with Crippen molar-refractivity contribution in [2.45, 2.75) is 29.1 Å². The van der Waals surface area contributed by atoms with Crippen LogP contribution in [0.3, 0.4) is 0 Å². The summed E-state index contributed by atoms with van der Waals surface area (Å²) in [5, 5.41) is 8.73. The van der Waals surface area contributed by atoms with E-state index < -0.39 is 11.2 Å². The van der Waals surface area contributed by atoms with Gasteiger partial charge >= 0.3 is 5.97 Å². The van der Waals surface area contributed by atoms with Gasteiger partial charge in [-0.2, -0.15) is 5.26 Å². The third-order valence-corrected chi connectivity index (χ3v) is 4.23. The van der Waals surface area contributed by atoms with Gasteiger partial charge in [0.15, 0.2) is 11.0 Å². The van der Waals surface area contributed by atoms with Crippen molar-refractivity contribution in [3.63, 3.8) is 0 Å². The lowest BCUT2D eigenvalue weighted by atomic mass is 10.3. The van der Waals surface area contributed by atoms with Crippen molar-refractivity contribution >= 4 is 41.2 Å². The first-order chi connectivity index (χ1) is 9.94. The van der Waals surface area contributed by atoms with Gasteiger partial charge in [0, 0.05) is 0 Å². The minimum Gasteiger partial charge on any atom is -0.465 e. The van der Waals surface area contributed by atoms with Crippen molar-refractivity contribution in [1.29, 1.82) is 5.26 Å². The predicted octanol–water partition coefficient (Wildman–Crippen LogP) is 1.27. The number of nitrogen functional groups attached to an aromatic ring is 1. The SMILES string of the molecule is CCOC(=O)C(Sc1nc(N)nc(SC)c1C#N)C(C)=O. The maximum absolute atomic E-state index is 11.8. The molecule has 0 bridgehead atoms. The molecule has 21 heavy (non-hydrogen) atoms. The Morgan fingerprint density at radius 2 is 2.05 bits per heavy atom. The summed E-state index contributed by atoms with van der Waals surface area (Å²) in [6.45, 7) is 3.09. The lowest BCUT2D eigenvalue weighted by Crippen LogP contribution is -2.27. The number of carbonyl (C=O) groups is 2. The van der Waals surface area contributed by atoms with Crippen LogP contribution in [0.4, 0.5) is 5.95 Å². The van der Waals surface area contributed by atoms with Crippen molar-refractivity contribution in [2.75, 3.05) is 18.6 Å². The van der Waals surface area contributed by atoms with Gasteiger partial charge in [-0.05, 0) is 20.1 Å². The van der Waals surface area contributed by atoms with Crippen molar-refractivity contribution in [1.82, 2.24) is 9.97 Å². The Morgan fingerprint density at radius 3 is 2.52 bits per heavy atom. The molecule has 112 valence electrons. The number of nitriles is 1. The quantitative estimate of drug-likeness (QED) is 0.356. The Morgan fingerprint density at radius 1 is 1.43 bits per heavy atom. The molecule has 0 radical (unpaired) electrons. The van der Waals surface area contributed by atoms with Crippen molar-refractivity contribution in [2.24, 2.45) is 0 Å². The molecule has 1 heterocycles. The first-order valence-electron chi connectivity index (χ1n) is 5.89. The maximum atomic E-state index is 11.8. The zero-order chi connectivity index (χ0) is 16.0. The van der Waals surface area contributed by atoms with Crippen LogP contribution in [0.1, 0.15) is 19.4 Å². The van der Waals surface area contributed by atoms with Gasteiger partial charge in [0.2, 0.25) is 5.95 Å². The monoisotopic (exact) mass is 326 g/mol. The predicted molar refractivity (Wildman–Crippen MR) is 79.9 cm³/mol. The van der Waals surface area contributed by atoms with Crippen LogP contribution in [-0.4, -0.2) is 39.8 Å². The number of aromatic nitrogens is 2. The first kappa shape index (κ1) is 17.3. The van der Waals surface area contributed by atoms with E-state index >= 15 is 0 Å². The van der Waals surface area contributed by atoms with Gasteiger partial charge < -0.3 is 10.5 Å². The summed E-state index contributed by atoms with van der Waals surface area (Å²) in [4.78, 5) is 31.3. The van der Waals surface area contributed by atoms with Gasteiger partial charge in [0.25, 0.3) is 0 Å². The fourth-order valence-electron chi connectivity index (χ4n) is 1.39. The molecular weight excluding hydrogens is 312 g/mol. The summed E-state index contributed by atoms with van der Waals surface area (Å²) < 4.78 is 4.85. The van der Waals surface area contributed by atoms with Crippen LogP contribution in [0.15, 0.2) is 10.1 Å². The molecule has 1 aromatic rings. The molecule has 1 atom stereocenters. The van der Waals surface area contributed by atoms with Crippen LogP contribution >= 0.6 is 23.5 Å². The average Bonchev–Trinajstić information content (AvgIpc) is 2.43. The molecule has 0 aliphatic carbocycles. The topological polar surface area (TPSA) is 119 Å². The van der Waals surface area contributed by atoms with E-state index in [1.807, 2.05) is 6.07 Å². The molecule has 7 nitrogen and oxygen atoms in total. The number of Topliss-reactive ketones (excluding diaryl/α,β-unsaturated/α-hetero) is 1. The Balaban J connectivity index is 3.21. The van der Waals surface area contributed by atoms with Gasteiger partial charge in [-0.25, -0.2) is 9.97 Å². The second kappa shape index (κ2) is 7.85. The van der Waals surface area contributed by atoms with Crippen LogP contribution in [0.5, 0.6) is 0 Å². The molecule has 0 saturated heterocycles. The summed E-state index contributed by atoms with van der Waals surface area (Å²) in [6, 6.07) is 1.97. The molecule has 1 aromatic heterocycles. The number of rotatable bonds is 6. The summed E-state index contributed by atoms with van der Waals surface area (Å²) in [7, 11) is 0. The molecule has 0 saturated carbocycles. The van der Waals surface area contributed by atoms with E-state index in [4.69, 9.17) is 10.5 Å². The minimum absolute atomic E-state index is 0.0213. The van der Waals surface area contributed by atoms with Crippen molar-refractivity contribution in [3.8, 4) is 6.07 Å². The van der Waals surface area contributed by atoms with Gasteiger partial charge in [-0.1, -0.05) is 11.8 Å². The van der Waals surface area contributed by atoms with E-state index in [9.17, 15) is 14.9 Å². The van der Waals surface area contributed by atoms with Gasteiger partial charge in [-0.3, -0.25) is 9.59 Å². The summed E-state index contributed by atoms with van der Waals surface area (Å²) in [5.74, 6) is -1.07. The molecule has 0 spiro atoms. The molecule has 1 unspecified atom stereocenters. The van der Waals surface area contributed by atoms with Gasteiger partial charge in [-0.15, -0.1) is 11.8 Å². The van der Waals surface area contributed by atoms with E-state index in [1.54, 1.807) is 13.2 Å². The van der Waals surface area contributed by atoms with E-state index in [0.717, 1.165) is 11.8 Å². The number of thioether (sulfide) groups is 2. The molecule has 9 heteroatoms. The number of esters is 1. The Kier molecular flexibility index (Phi) is 6.45. The fourth-order valence-corrected chi connectivity index (χ4v) is 2.95. The highest BCUT2D eigenvalue weighted by atomic mass is 32.2. The summed E-state index contributed by atoms with van der Waals surface area (Å²) in [5.41, 5.74) is 5.78. The number of nitrogens with two attached hydrogens (primary N) is 1. The van der Waals surface area contributed by atoms with E-state index in [0.29, 0.717) is 5.03 Å². The standard InChI is InChI=1S/C12H14N4O3S2/c1-4-19-11(18)8(6(2)17)21-10-7(5-13)9(20-3)15-12(14)16-10/h8H,4H2,1-3H3,(H2,14,15,16). The number of ketones is 1. The third kappa shape index (κ3) is 4.34. The maximum Gasteiger partial charge on any atom is 0.327 e. The highest BCUT2D eigenvalue weighted by molar-refractivity contribution is 8.01. The normalized spacial score (nSPS) is 11.5. The van der Waals surface area contributed by atoms with Crippen molar-refractivity contribution < 1.29 is 14.3 Å². The fraction of sp³-hybridized carbons (Fsp3) is 0.417. The molecule has 0 fully saturated rings. The van der Waals surface area contributed by atoms with Crippen LogP contribution in [0, 0.1) is 11.3 Å². The Bertz CT molecular complexity index is 601. The summed E-state index contributed by atoms with van der Waals surface area (Å²) >= 11 is 2.08. The number of ether oxygens (including phenoxy) is 1. The van der Waals surface area contributed by atoms with Gasteiger partial charge in [0.1, 0.15) is 21.7 Å². The molecule has 0 aliphatic rings. The second-order valence-electron chi connectivity index (χ2n) is 3.74. The molecule has 2 N–H and O–H groups in total. The largest absolute Gasteiger partial charge is 0.465 e. The average molecular weight is 326 g/mol. The first-order valence-corrected chi connectivity index (χ1v) is 8.00. The molecular formula is C12H14N4O3S2. The second-order valence-corrected chi connectivity index (χ2v) is 5.63. The highest BCUT2D eigenvalue weighted by Gasteiger charge is 2.29. The number of anilines is 1. The Labute approximate surface area is 130 Å². The number of carbonyl (C=O) groups excluding carboxylic acids is 2. The van der Waals surface area contributed by atoms with Gasteiger partial charge in [0.05, 0.1) is 6.61 Å². The number of hydrogen-bond donors (Lipinski definition) is 1. The zero-order valence-corrected chi connectivity index (χ0v) is 13.4. The van der Waals surface area contributed by atoms with Crippen molar-refractivity contribution in [3.05, 3.63) is 5.56 Å². The number of nitrogens with zero attached hydrogens (tertiary/aromatic N) is 3. The Hall–Kier alpha value is -1.79. The van der Waals surface area contributed by atoms with Crippen LogP contribution in [0.25, 0.3) is 0 Å².